The van der Waals surface area contributed by atoms with E-state index in [0.717, 1.165) is 18.7 Å². The van der Waals surface area contributed by atoms with Gasteiger partial charge in [-0.25, -0.2) is 0 Å². The predicted octanol–water partition coefficient (Wildman–Crippen LogP) is 3.35. The first-order valence-corrected chi connectivity index (χ1v) is 9.00. The van der Waals surface area contributed by atoms with Crippen LogP contribution in [0.5, 0.6) is 0 Å². The van der Waals surface area contributed by atoms with Gasteiger partial charge in [0, 0.05) is 24.4 Å². The molecule has 104 valence electrons. The molecular formula is C15H27NOS. The van der Waals surface area contributed by atoms with Crippen molar-refractivity contribution in [3.63, 3.8) is 0 Å². The zero-order valence-electron chi connectivity index (χ0n) is 11.5. The molecule has 0 unspecified atom stereocenters. The lowest BCUT2D eigenvalue weighted by molar-refractivity contribution is -0.109. The van der Waals surface area contributed by atoms with Gasteiger partial charge in [-0.2, -0.15) is 11.8 Å². The van der Waals surface area contributed by atoms with E-state index in [2.05, 4.69) is 17.1 Å². The van der Waals surface area contributed by atoms with Crippen LogP contribution in [-0.4, -0.2) is 35.8 Å². The first-order valence-electron chi connectivity index (χ1n) is 7.84. The molecule has 2 nitrogen and oxygen atoms in total. The number of rotatable bonds is 2. The average Bonchev–Trinajstić information content (AvgIpc) is 2.41. The molecule has 18 heavy (non-hydrogen) atoms. The summed E-state index contributed by atoms with van der Waals surface area (Å²) >= 11 is 2.12. The smallest absolute Gasteiger partial charge is 0.0697 e. The fourth-order valence-electron chi connectivity index (χ4n) is 3.92. The van der Waals surface area contributed by atoms with E-state index in [0.29, 0.717) is 0 Å². The fraction of sp³-hybridized carbons (Fsp3) is 1.00. The van der Waals surface area contributed by atoms with Crippen LogP contribution < -0.4 is 5.32 Å². The maximum absolute atomic E-state index is 6.18. The van der Waals surface area contributed by atoms with Crippen LogP contribution in [0.25, 0.3) is 0 Å². The summed E-state index contributed by atoms with van der Waals surface area (Å²) in [5, 5.41) is 3.93. The van der Waals surface area contributed by atoms with Gasteiger partial charge >= 0.3 is 0 Å². The lowest BCUT2D eigenvalue weighted by Gasteiger charge is -2.44. The van der Waals surface area contributed by atoms with E-state index in [1.165, 1.54) is 69.3 Å². The van der Waals surface area contributed by atoms with Crippen molar-refractivity contribution >= 4 is 11.8 Å². The van der Waals surface area contributed by atoms with Gasteiger partial charge in [0.1, 0.15) is 0 Å². The van der Waals surface area contributed by atoms with Crippen molar-refractivity contribution in [2.75, 3.05) is 18.1 Å². The normalized spacial score (nSPS) is 36.7. The summed E-state index contributed by atoms with van der Waals surface area (Å²) in [7, 11) is 0. The molecule has 1 saturated carbocycles. The fourth-order valence-corrected chi connectivity index (χ4v) is 5.00. The number of hydrogen-bond acceptors (Lipinski definition) is 3. The van der Waals surface area contributed by atoms with Crippen molar-refractivity contribution in [1.82, 2.24) is 5.32 Å². The molecule has 0 aromatic carbocycles. The molecule has 0 aromatic heterocycles. The summed E-state index contributed by atoms with van der Waals surface area (Å²) in [5.41, 5.74) is 0.260. The quantitative estimate of drug-likeness (QED) is 0.830. The lowest BCUT2D eigenvalue weighted by Crippen LogP contribution is -2.51. The van der Waals surface area contributed by atoms with E-state index in [4.69, 9.17) is 4.74 Å². The Bertz CT molecular complexity index is 254. The molecule has 2 heterocycles. The van der Waals surface area contributed by atoms with Crippen LogP contribution in [-0.2, 0) is 4.74 Å². The summed E-state index contributed by atoms with van der Waals surface area (Å²) in [6.07, 6.45) is 12.1. The van der Waals surface area contributed by atoms with E-state index < -0.39 is 0 Å². The zero-order valence-corrected chi connectivity index (χ0v) is 12.3. The first-order chi connectivity index (χ1) is 8.86. The SMILES string of the molecule is C1CCC2(CC1)C[C@H](N[C@H]1CCCSC1)CCO2. The second-order valence-corrected chi connectivity index (χ2v) is 7.51. The highest BCUT2D eigenvalue weighted by Crippen LogP contribution is 2.38. The van der Waals surface area contributed by atoms with Crippen LogP contribution >= 0.6 is 11.8 Å². The molecule has 2 saturated heterocycles. The molecule has 0 amide bonds. The number of nitrogens with one attached hydrogen (secondary N) is 1. The Morgan fingerprint density at radius 3 is 2.67 bits per heavy atom. The molecule has 3 aliphatic rings. The third-order valence-corrected chi connectivity index (χ3v) is 6.10. The van der Waals surface area contributed by atoms with Crippen LogP contribution in [0.15, 0.2) is 0 Å². The Kier molecular flexibility index (Phi) is 4.53. The Morgan fingerprint density at radius 1 is 1.00 bits per heavy atom. The lowest BCUT2D eigenvalue weighted by atomic mass is 9.78. The third-order valence-electron chi connectivity index (χ3n) is 4.89. The molecule has 1 aliphatic carbocycles. The molecule has 2 aliphatic heterocycles. The average molecular weight is 269 g/mol. The Labute approximate surface area is 116 Å². The molecule has 0 bridgehead atoms. The molecular weight excluding hydrogens is 242 g/mol. The number of thioether (sulfide) groups is 1. The molecule has 3 fully saturated rings. The summed E-state index contributed by atoms with van der Waals surface area (Å²) in [5.74, 6) is 2.69. The van der Waals surface area contributed by atoms with Crippen LogP contribution in [0.1, 0.15) is 57.8 Å². The predicted molar refractivity (Wildman–Crippen MR) is 78.3 cm³/mol. The molecule has 1 N–H and O–H groups in total. The van der Waals surface area contributed by atoms with Gasteiger partial charge in [-0.3, -0.25) is 0 Å². The molecule has 1 spiro atoms. The summed E-state index contributed by atoms with van der Waals surface area (Å²) in [6.45, 7) is 0.984. The highest BCUT2D eigenvalue weighted by atomic mass is 32.2. The standard InChI is InChI=1S/C15H27NOS/c1-2-7-15(8-3-1)11-13(6-9-17-15)16-14-5-4-10-18-12-14/h13-14,16H,1-12H2/t13-,14+/m1/s1. The summed E-state index contributed by atoms with van der Waals surface area (Å²) < 4.78 is 6.18. The van der Waals surface area contributed by atoms with Gasteiger partial charge in [0.25, 0.3) is 0 Å². The molecule has 0 aromatic rings. The van der Waals surface area contributed by atoms with Crippen LogP contribution in [0.2, 0.25) is 0 Å². The van der Waals surface area contributed by atoms with Gasteiger partial charge in [0.05, 0.1) is 5.60 Å². The van der Waals surface area contributed by atoms with Crippen LogP contribution in [0, 0.1) is 0 Å². The second kappa shape index (κ2) is 6.15. The van der Waals surface area contributed by atoms with E-state index in [1.807, 2.05) is 0 Å². The van der Waals surface area contributed by atoms with Crippen LogP contribution in [0.4, 0.5) is 0 Å². The van der Waals surface area contributed by atoms with Crippen molar-refractivity contribution in [3.8, 4) is 0 Å². The van der Waals surface area contributed by atoms with E-state index in [-0.39, 0.29) is 5.60 Å². The van der Waals surface area contributed by atoms with Gasteiger partial charge in [-0.1, -0.05) is 19.3 Å². The Hall–Kier alpha value is 0.270. The minimum absolute atomic E-state index is 0.260. The van der Waals surface area contributed by atoms with Gasteiger partial charge in [0.2, 0.25) is 0 Å². The monoisotopic (exact) mass is 269 g/mol. The maximum atomic E-state index is 6.18. The molecule has 0 radical (unpaired) electrons. The number of hydrogen-bond donors (Lipinski definition) is 1. The van der Waals surface area contributed by atoms with Gasteiger partial charge in [0.15, 0.2) is 0 Å². The topological polar surface area (TPSA) is 21.3 Å². The van der Waals surface area contributed by atoms with Crippen LogP contribution in [0.3, 0.4) is 0 Å². The first kappa shape index (κ1) is 13.3. The van der Waals surface area contributed by atoms with E-state index in [1.54, 1.807) is 0 Å². The Morgan fingerprint density at radius 2 is 1.89 bits per heavy atom. The molecule has 3 rings (SSSR count). The van der Waals surface area contributed by atoms with Crippen molar-refractivity contribution in [2.24, 2.45) is 0 Å². The summed E-state index contributed by atoms with van der Waals surface area (Å²) in [6, 6.07) is 1.49. The van der Waals surface area contributed by atoms with Gasteiger partial charge in [-0.15, -0.1) is 0 Å². The van der Waals surface area contributed by atoms with E-state index >= 15 is 0 Å². The van der Waals surface area contributed by atoms with Gasteiger partial charge in [-0.05, 0) is 44.3 Å². The highest BCUT2D eigenvalue weighted by Gasteiger charge is 2.38. The number of ether oxygens (including phenoxy) is 1. The molecule has 2 atom stereocenters. The minimum Gasteiger partial charge on any atom is -0.375 e. The highest BCUT2D eigenvalue weighted by molar-refractivity contribution is 7.99. The maximum Gasteiger partial charge on any atom is 0.0697 e. The van der Waals surface area contributed by atoms with Gasteiger partial charge < -0.3 is 10.1 Å². The Balaban J connectivity index is 1.52. The molecule has 3 heteroatoms. The summed E-state index contributed by atoms with van der Waals surface area (Å²) in [4.78, 5) is 0. The largest absolute Gasteiger partial charge is 0.375 e. The van der Waals surface area contributed by atoms with Crippen molar-refractivity contribution in [3.05, 3.63) is 0 Å². The van der Waals surface area contributed by atoms with Crippen molar-refractivity contribution in [1.29, 1.82) is 0 Å². The zero-order chi connectivity index (χ0) is 12.3. The second-order valence-electron chi connectivity index (χ2n) is 6.36. The third kappa shape index (κ3) is 3.23. The van der Waals surface area contributed by atoms with Crippen molar-refractivity contribution < 1.29 is 4.74 Å². The van der Waals surface area contributed by atoms with Crippen molar-refractivity contribution in [2.45, 2.75) is 75.5 Å². The minimum atomic E-state index is 0.260. The van der Waals surface area contributed by atoms with E-state index in [9.17, 15) is 0 Å².